The minimum absolute atomic E-state index is 0. The number of ketones is 1. The van der Waals surface area contributed by atoms with E-state index in [0.717, 1.165) is 12.8 Å². The van der Waals surface area contributed by atoms with E-state index in [2.05, 4.69) is 5.32 Å². The summed E-state index contributed by atoms with van der Waals surface area (Å²) in [4.78, 5) is 12.1. The Kier molecular flexibility index (Phi) is 4.58. The number of halogens is 2. The standard InChI is InChI=1S/C15H18FNO.ClH/c16-14-4-2-1-3-13(14)15(18)9-10-7-11-5-6-12(8-10)17-11;/h1-4,10-12,17H,5-9H2;1H. The lowest BCUT2D eigenvalue weighted by Crippen LogP contribution is -2.38. The van der Waals surface area contributed by atoms with Crippen molar-refractivity contribution in [2.24, 2.45) is 5.92 Å². The predicted molar refractivity (Wildman–Crippen MR) is 75.3 cm³/mol. The number of rotatable bonds is 3. The van der Waals surface area contributed by atoms with Gasteiger partial charge in [-0.3, -0.25) is 4.79 Å². The van der Waals surface area contributed by atoms with E-state index in [9.17, 15) is 9.18 Å². The fourth-order valence-corrected chi connectivity index (χ4v) is 3.40. The molecule has 0 spiro atoms. The Hall–Kier alpha value is -0.930. The molecule has 0 aromatic heterocycles. The number of carbonyl (C=O) groups excluding carboxylic acids is 1. The Labute approximate surface area is 119 Å². The van der Waals surface area contributed by atoms with E-state index in [0.29, 0.717) is 24.4 Å². The zero-order valence-electron chi connectivity index (χ0n) is 10.8. The maximum atomic E-state index is 13.5. The molecule has 2 saturated heterocycles. The highest BCUT2D eigenvalue weighted by Gasteiger charge is 2.34. The van der Waals surface area contributed by atoms with Crippen molar-refractivity contribution in [2.45, 2.75) is 44.2 Å². The molecule has 2 fully saturated rings. The van der Waals surface area contributed by atoms with Gasteiger partial charge in [-0.05, 0) is 43.7 Å². The second-order valence-electron chi connectivity index (χ2n) is 5.58. The van der Waals surface area contributed by atoms with Crippen LogP contribution in [0.4, 0.5) is 4.39 Å². The molecule has 2 bridgehead atoms. The third-order valence-corrected chi connectivity index (χ3v) is 4.22. The Balaban J connectivity index is 0.00000133. The highest BCUT2D eigenvalue weighted by atomic mass is 35.5. The Bertz CT molecular complexity index is 453. The van der Waals surface area contributed by atoms with E-state index in [1.807, 2.05) is 0 Å². The molecule has 1 aromatic carbocycles. The number of fused-ring (bicyclic) bond motifs is 2. The van der Waals surface area contributed by atoms with E-state index in [1.165, 1.54) is 18.9 Å². The summed E-state index contributed by atoms with van der Waals surface area (Å²) in [7, 11) is 0. The lowest BCUT2D eigenvalue weighted by molar-refractivity contribution is 0.0941. The van der Waals surface area contributed by atoms with Crippen molar-refractivity contribution in [2.75, 3.05) is 0 Å². The van der Waals surface area contributed by atoms with Gasteiger partial charge in [-0.15, -0.1) is 12.4 Å². The molecule has 3 rings (SSSR count). The normalized spacial score (nSPS) is 28.8. The summed E-state index contributed by atoms with van der Waals surface area (Å²) in [5.74, 6) is -0.00494. The monoisotopic (exact) mass is 283 g/mol. The van der Waals surface area contributed by atoms with E-state index in [1.54, 1.807) is 18.2 Å². The summed E-state index contributed by atoms with van der Waals surface area (Å²) in [5.41, 5.74) is 0.253. The van der Waals surface area contributed by atoms with Crippen molar-refractivity contribution < 1.29 is 9.18 Å². The van der Waals surface area contributed by atoms with Gasteiger partial charge < -0.3 is 5.32 Å². The van der Waals surface area contributed by atoms with Crippen molar-refractivity contribution in [3.63, 3.8) is 0 Å². The molecular weight excluding hydrogens is 265 g/mol. The first-order chi connectivity index (χ1) is 8.72. The number of piperidine rings is 1. The van der Waals surface area contributed by atoms with Gasteiger partial charge >= 0.3 is 0 Å². The van der Waals surface area contributed by atoms with Gasteiger partial charge in [-0.1, -0.05) is 12.1 Å². The van der Waals surface area contributed by atoms with Gasteiger partial charge in [-0.2, -0.15) is 0 Å². The Morgan fingerprint density at radius 2 is 1.84 bits per heavy atom. The topological polar surface area (TPSA) is 29.1 Å². The molecule has 4 heteroatoms. The van der Waals surface area contributed by atoms with E-state index < -0.39 is 0 Å². The Morgan fingerprint density at radius 1 is 1.21 bits per heavy atom. The minimum atomic E-state index is -0.389. The van der Waals surface area contributed by atoms with Gasteiger partial charge in [0.05, 0.1) is 5.56 Å². The Morgan fingerprint density at radius 3 is 2.47 bits per heavy atom. The van der Waals surface area contributed by atoms with E-state index >= 15 is 0 Å². The van der Waals surface area contributed by atoms with Crippen LogP contribution in [-0.2, 0) is 0 Å². The van der Waals surface area contributed by atoms with Gasteiger partial charge in [0.1, 0.15) is 5.82 Å². The molecule has 2 nitrogen and oxygen atoms in total. The molecule has 0 radical (unpaired) electrons. The molecule has 0 aliphatic carbocycles. The second kappa shape index (κ2) is 6.02. The molecule has 2 aliphatic heterocycles. The summed E-state index contributed by atoms with van der Waals surface area (Å²) in [6.45, 7) is 0. The predicted octanol–water partition coefficient (Wildman–Crippen LogP) is 3.35. The number of hydrogen-bond donors (Lipinski definition) is 1. The number of carbonyl (C=O) groups is 1. The van der Waals surface area contributed by atoms with Crippen LogP contribution in [0.3, 0.4) is 0 Å². The van der Waals surface area contributed by atoms with Crippen LogP contribution in [0.1, 0.15) is 42.5 Å². The highest BCUT2D eigenvalue weighted by molar-refractivity contribution is 5.96. The van der Waals surface area contributed by atoms with Gasteiger partial charge in [-0.25, -0.2) is 4.39 Å². The summed E-state index contributed by atoms with van der Waals surface area (Å²) < 4.78 is 13.5. The molecule has 104 valence electrons. The van der Waals surface area contributed by atoms with Gasteiger partial charge in [0.15, 0.2) is 5.78 Å². The molecule has 2 aliphatic rings. The van der Waals surface area contributed by atoms with Crippen LogP contribution in [0.15, 0.2) is 24.3 Å². The van der Waals surface area contributed by atoms with Crippen molar-refractivity contribution in [3.05, 3.63) is 35.6 Å². The quantitative estimate of drug-likeness (QED) is 0.862. The SMILES string of the molecule is Cl.O=C(CC1CC2CCC(C1)N2)c1ccccc1F. The van der Waals surface area contributed by atoms with E-state index in [4.69, 9.17) is 0 Å². The van der Waals surface area contributed by atoms with E-state index in [-0.39, 0.29) is 29.6 Å². The number of nitrogens with one attached hydrogen (secondary N) is 1. The zero-order valence-corrected chi connectivity index (χ0v) is 11.6. The zero-order chi connectivity index (χ0) is 12.5. The van der Waals surface area contributed by atoms with Crippen LogP contribution in [0.5, 0.6) is 0 Å². The first kappa shape index (κ1) is 14.5. The number of hydrogen-bond acceptors (Lipinski definition) is 2. The van der Waals surface area contributed by atoms with Gasteiger partial charge in [0.25, 0.3) is 0 Å². The fraction of sp³-hybridized carbons (Fsp3) is 0.533. The molecule has 1 aromatic rings. The van der Waals surface area contributed by atoms with Crippen LogP contribution < -0.4 is 5.32 Å². The number of benzene rings is 1. The number of Topliss-reactive ketones (excluding diaryl/α,β-unsaturated/α-hetero) is 1. The average Bonchev–Trinajstić information content (AvgIpc) is 2.69. The molecule has 19 heavy (non-hydrogen) atoms. The van der Waals surface area contributed by atoms with Crippen LogP contribution >= 0.6 is 12.4 Å². The van der Waals surface area contributed by atoms with Crippen molar-refractivity contribution in [1.82, 2.24) is 5.32 Å². The molecule has 1 N–H and O–H groups in total. The lowest BCUT2D eigenvalue weighted by atomic mass is 9.87. The van der Waals surface area contributed by atoms with Gasteiger partial charge in [0, 0.05) is 18.5 Å². The van der Waals surface area contributed by atoms with Gasteiger partial charge in [0.2, 0.25) is 0 Å². The molecule has 2 heterocycles. The van der Waals surface area contributed by atoms with Crippen molar-refractivity contribution >= 4 is 18.2 Å². The fourth-order valence-electron chi connectivity index (χ4n) is 3.40. The van der Waals surface area contributed by atoms with Crippen LogP contribution in [-0.4, -0.2) is 17.9 Å². The summed E-state index contributed by atoms with van der Waals surface area (Å²) in [6, 6.07) is 7.47. The summed E-state index contributed by atoms with van der Waals surface area (Å²) in [5, 5.41) is 3.56. The molecular formula is C15H19ClFNO. The first-order valence-corrected chi connectivity index (χ1v) is 6.76. The molecule has 0 amide bonds. The lowest BCUT2D eigenvalue weighted by Gasteiger charge is -2.28. The molecule has 2 unspecified atom stereocenters. The minimum Gasteiger partial charge on any atom is -0.311 e. The maximum Gasteiger partial charge on any atom is 0.166 e. The molecule has 0 saturated carbocycles. The van der Waals surface area contributed by atoms with Crippen LogP contribution in [0.2, 0.25) is 0 Å². The summed E-state index contributed by atoms with van der Waals surface area (Å²) in [6.07, 6.45) is 5.09. The van der Waals surface area contributed by atoms with Crippen LogP contribution in [0.25, 0.3) is 0 Å². The largest absolute Gasteiger partial charge is 0.311 e. The third kappa shape index (κ3) is 3.15. The smallest absolute Gasteiger partial charge is 0.166 e. The van der Waals surface area contributed by atoms with Crippen LogP contribution in [0, 0.1) is 11.7 Å². The third-order valence-electron chi connectivity index (χ3n) is 4.22. The molecule has 2 atom stereocenters. The first-order valence-electron chi connectivity index (χ1n) is 6.76. The second-order valence-corrected chi connectivity index (χ2v) is 5.58. The van der Waals surface area contributed by atoms with Crippen molar-refractivity contribution in [3.8, 4) is 0 Å². The average molecular weight is 284 g/mol. The maximum absolute atomic E-state index is 13.5. The highest BCUT2D eigenvalue weighted by Crippen LogP contribution is 2.33. The van der Waals surface area contributed by atoms with Crippen molar-refractivity contribution in [1.29, 1.82) is 0 Å². The summed E-state index contributed by atoms with van der Waals surface area (Å²) >= 11 is 0.